The number of halogens is 1. The number of anilines is 1. The van der Waals surface area contributed by atoms with Crippen molar-refractivity contribution in [2.24, 2.45) is 0 Å². The zero-order valence-electron chi connectivity index (χ0n) is 15.8. The van der Waals surface area contributed by atoms with Crippen molar-refractivity contribution in [3.05, 3.63) is 41.0 Å². The molecule has 3 aromatic rings. The van der Waals surface area contributed by atoms with Crippen LogP contribution in [0.5, 0.6) is 0 Å². The summed E-state index contributed by atoms with van der Waals surface area (Å²) in [6.07, 6.45) is 6.39. The number of imidazole rings is 1. The van der Waals surface area contributed by atoms with E-state index in [0.717, 1.165) is 27.7 Å². The lowest BCUT2D eigenvalue weighted by molar-refractivity contribution is 0.461. The molecule has 0 amide bonds. The number of H-pyrrole nitrogens is 1. The monoisotopic (exact) mass is 370 g/mol. The first-order valence-electron chi connectivity index (χ1n) is 9.56. The van der Waals surface area contributed by atoms with Crippen LogP contribution < -0.4 is 5.32 Å². The highest BCUT2D eigenvalue weighted by atomic mass is 35.5. The van der Waals surface area contributed by atoms with Gasteiger partial charge in [-0.05, 0) is 25.0 Å². The molecule has 0 radical (unpaired) electrons. The molecule has 5 heteroatoms. The summed E-state index contributed by atoms with van der Waals surface area (Å²) in [5.41, 5.74) is 4.28. The molecule has 1 aromatic carbocycles. The van der Waals surface area contributed by atoms with Gasteiger partial charge in [0.1, 0.15) is 5.69 Å². The van der Waals surface area contributed by atoms with Crippen molar-refractivity contribution in [2.45, 2.75) is 64.3 Å². The molecule has 1 fully saturated rings. The van der Waals surface area contributed by atoms with Gasteiger partial charge in [0, 0.05) is 33.8 Å². The highest BCUT2D eigenvalue weighted by molar-refractivity contribution is 6.30. The van der Waals surface area contributed by atoms with Gasteiger partial charge in [-0.15, -0.1) is 0 Å². The van der Waals surface area contributed by atoms with Gasteiger partial charge in [-0.3, -0.25) is 5.10 Å². The number of fused-ring (bicyclic) bond motifs is 1. The number of benzene rings is 1. The maximum atomic E-state index is 6.08. The SMILES string of the molecule is CC(C)(C)c1cc2nc(-c3ccc(Cl)cc3)c(NC3CCCCC3)n2[nH]1. The van der Waals surface area contributed by atoms with E-state index in [1.807, 2.05) is 24.3 Å². The number of rotatable bonds is 3. The minimum atomic E-state index is 0.0588. The summed E-state index contributed by atoms with van der Waals surface area (Å²) in [4.78, 5) is 4.94. The average Bonchev–Trinajstić information content (AvgIpc) is 3.16. The molecule has 0 atom stereocenters. The molecule has 2 heterocycles. The van der Waals surface area contributed by atoms with Crippen LogP contribution in [0, 0.1) is 0 Å². The molecule has 1 aliphatic rings. The Morgan fingerprint density at radius 1 is 1.12 bits per heavy atom. The number of hydrogen-bond donors (Lipinski definition) is 2. The first kappa shape index (κ1) is 17.5. The van der Waals surface area contributed by atoms with E-state index in [9.17, 15) is 0 Å². The normalized spacial score (nSPS) is 16.3. The summed E-state index contributed by atoms with van der Waals surface area (Å²) in [7, 11) is 0. The smallest absolute Gasteiger partial charge is 0.156 e. The third-order valence-electron chi connectivity index (χ3n) is 5.28. The molecule has 2 aromatic heterocycles. The minimum Gasteiger partial charge on any atom is -0.365 e. The van der Waals surface area contributed by atoms with Gasteiger partial charge in [-0.1, -0.05) is 63.8 Å². The van der Waals surface area contributed by atoms with E-state index >= 15 is 0 Å². The first-order valence-corrected chi connectivity index (χ1v) is 9.94. The predicted octanol–water partition coefficient (Wildman–Crippen LogP) is 6.02. The second-order valence-corrected chi connectivity index (χ2v) is 8.85. The van der Waals surface area contributed by atoms with Crippen molar-refractivity contribution in [3.63, 3.8) is 0 Å². The Balaban J connectivity index is 1.80. The molecule has 0 saturated heterocycles. The topological polar surface area (TPSA) is 45.1 Å². The lowest BCUT2D eigenvalue weighted by Crippen LogP contribution is -2.23. The van der Waals surface area contributed by atoms with Crippen molar-refractivity contribution in [3.8, 4) is 11.3 Å². The quantitative estimate of drug-likeness (QED) is 0.591. The van der Waals surface area contributed by atoms with Crippen LogP contribution in [0.2, 0.25) is 5.02 Å². The van der Waals surface area contributed by atoms with Crippen LogP contribution in [0.3, 0.4) is 0 Å². The van der Waals surface area contributed by atoms with Crippen LogP contribution in [-0.4, -0.2) is 20.6 Å². The van der Waals surface area contributed by atoms with E-state index < -0.39 is 0 Å². The van der Waals surface area contributed by atoms with Crippen LogP contribution in [-0.2, 0) is 5.41 Å². The summed E-state index contributed by atoms with van der Waals surface area (Å²) in [5.74, 6) is 1.06. The fourth-order valence-electron chi connectivity index (χ4n) is 3.70. The molecular weight excluding hydrogens is 344 g/mol. The number of aromatic amines is 1. The zero-order chi connectivity index (χ0) is 18.3. The number of hydrogen-bond acceptors (Lipinski definition) is 2. The van der Waals surface area contributed by atoms with Gasteiger partial charge in [0.05, 0.1) is 0 Å². The van der Waals surface area contributed by atoms with Crippen molar-refractivity contribution >= 4 is 23.1 Å². The third kappa shape index (κ3) is 3.35. The highest BCUT2D eigenvalue weighted by Gasteiger charge is 2.23. The van der Waals surface area contributed by atoms with Gasteiger partial charge < -0.3 is 5.32 Å². The number of nitrogens with zero attached hydrogens (tertiary/aromatic N) is 2. The lowest BCUT2D eigenvalue weighted by atomic mass is 9.93. The molecule has 4 rings (SSSR count). The van der Waals surface area contributed by atoms with E-state index in [-0.39, 0.29) is 5.41 Å². The molecule has 0 unspecified atom stereocenters. The van der Waals surface area contributed by atoms with Gasteiger partial charge in [-0.2, -0.15) is 0 Å². The van der Waals surface area contributed by atoms with Gasteiger partial charge in [0.25, 0.3) is 0 Å². The molecule has 0 spiro atoms. The zero-order valence-corrected chi connectivity index (χ0v) is 16.5. The Bertz CT molecular complexity index is 893. The van der Waals surface area contributed by atoms with Crippen molar-refractivity contribution in [1.82, 2.24) is 14.6 Å². The highest BCUT2D eigenvalue weighted by Crippen LogP contribution is 2.33. The van der Waals surface area contributed by atoms with Gasteiger partial charge in [-0.25, -0.2) is 9.50 Å². The number of nitrogens with one attached hydrogen (secondary N) is 2. The first-order chi connectivity index (χ1) is 12.4. The molecule has 0 aliphatic heterocycles. The third-order valence-corrected chi connectivity index (χ3v) is 5.53. The van der Waals surface area contributed by atoms with Crippen molar-refractivity contribution in [2.75, 3.05) is 5.32 Å². The Morgan fingerprint density at radius 2 is 1.81 bits per heavy atom. The van der Waals surface area contributed by atoms with E-state index in [1.165, 1.54) is 37.8 Å². The van der Waals surface area contributed by atoms with E-state index in [1.54, 1.807) is 0 Å². The Kier molecular flexibility index (Phi) is 4.47. The summed E-state index contributed by atoms with van der Waals surface area (Å²) in [6.45, 7) is 6.64. The fraction of sp³-hybridized carbons (Fsp3) is 0.476. The molecule has 0 bridgehead atoms. The second kappa shape index (κ2) is 6.66. The standard InChI is InChI=1S/C21H27ClN4/c1-21(2,3)17-13-18-24-19(14-9-11-15(22)12-10-14)20(26(18)25-17)23-16-7-5-4-6-8-16/h9-13,16,23,25H,4-8H2,1-3H3. The fourth-order valence-corrected chi connectivity index (χ4v) is 3.82. The summed E-state index contributed by atoms with van der Waals surface area (Å²) in [5, 5.41) is 8.09. The van der Waals surface area contributed by atoms with Crippen LogP contribution in [0.25, 0.3) is 16.9 Å². The van der Waals surface area contributed by atoms with E-state index in [2.05, 4.69) is 41.8 Å². The van der Waals surface area contributed by atoms with Crippen LogP contribution in [0.15, 0.2) is 30.3 Å². The van der Waals surface area contributed by atoms with Gasteiger partial charge in [0.15, 0.2) is 11.5 Å². The maximum absolute atomic E-state index is 6.08. The molecule has 138 valence electrons. The Morgan fingerprint density at radius 3 is 2.46 bits per heavy atom. The number of aromatic nitrogens is 3. The largest absolute Gasteiger partial charge is 0.365 e. The van der Waals surface area contributed by atoms with E-state index in [4.69, 9.17) is 16.6 Å². The molecule has 4 nitrogen and oxygen atoms in total. The molecule has 2 N–H and O–H groups in total. The van der Waals surface area contributed by atoms with Crippen LogP contribution in [0.4, 0.5) is 5.82 Å². The average molecular weight is 371 g/mol. The van der Waals surface area contributed by atoms with Crippen molar-refractivity contribution in [1.29, 1.82) is 0 Å². The molecule has 1 aliphatic carbocycles. The summed E-state index contributed by atoms with van der Waals surface area (Å²) >= 11 is 6.08. The molecule has 1 saturated carbocycles. The summed E-state index contributed by atoms with van der Waals surface area (Å²) in [6, 6.07) is 10.6. The summed E-state index contributed by atoms with van der Waals surface area (Å²) < 4.78 is 2.11. The lowest BCUT2D eigenvalue weighted by Gasteiger charge is -2.24. The predicted molar refractivity (Wildman–Crippen MR) is 109 cm³/mol. The maximum Gasteiger partial charge on any atom is 0.156 e. The minimum absolute atomic E-state index is 0.0588. The second-order valence-electron chi connectivity index (χ2n) is 8.41. The molecule has 26 heavy (non-hydrogen) atoms. The Labute approximate surface area is 160 Å². The molecular formula is C21H27ClN4. The van der Waals surface area contributed by atoms with Gasteiger partial charge in [0.2, 0.25) is 0 Å². The Hall–Kier alpha value is -1.94. The van der Waals surface area contributed by atoms with Gasteiger partial charge >= 0.3 is 0 Å². The van der Waals surface area contributed by atoms with Crippen LogP contribution >= 0.6 is 11.6 Å². The van der Waals surface area contributed by atoms with E-state index in [0.29, 0.717) is 6.04 Å². The van der Waals surface area contributed by atoms with Crippen LogP contribution in [0.1, 0.15) is 58.6 Å². The van der Waals surface area contributed by atoms with Crippen molar-refractivity contribution < 1.29 is 0 Å².